The van der Waals surface area contributed by atoms with Crippen LogP contribution >= 0.6 is 0 Å². The molecule has 0 aliphatic rings. The summed E-state index contributed by atoms with van der Waals surface area (Å²) in [7, 11) is 0. The zero-order valence-electron chi connectivity index (χ0n) is 6.67. The molecule has 0 unspecified atom stereocenters. The van der Waals surface area contributed by atoms with E-state index < -0.39 is 12.0 Å². The lowest BCUT2D eigenvalue weighted by molar-refractivity contribution is -0.136. The standard InChI is InChI=1S/C6H13N3O3/c7-6(12)9-4-3-8-2-1-5(10)11/h8H,1-4H2,(H,10,11)(H3,7,9,12). The van der Waals surface area contributed by atoms with Crippen molar-refractivity contribution in [3.8, 4) is 0 Å². The summed E-state index contributed by atoms with van der Waals surface area (Å²) in [6, 6.07) is -0.574. The molecule has 2 amide bonds. The van der Waals surface area contributed by atoms with Crippen molar-refractivity contribution >= 4 is 12.0 Å². The predicted molar refractivity (Wildman–Crippen MR) is 42.7 cm³/mol. The predicted octanol–water partition coefficient (Wildman–Crippen LogP) is -1.28. The van der Waals surface area contributed by atoms with E-state index in [4.69, 9.17) is 10.8 Å². The van der Waals surface area contributed by atoms with Gasteiger partial charge in [0, 0.05) is 19.6 Å². The van der Waals surface area contributed by atoms with Crippen LogP contribution in [0.1, 0.15) is 6.42 Å². The SMILES string of the molecule is NC(=O)NCCNCCC(=O)O. The first-order chi connectivity index (χ1) is 5.63. The normalized spacial score (nSPS) is 9.33. The van der Waals surface area contributed by atoms with Crippen LogP contribution in [0, 0.1) is 0 Å². The lowest BCUT2D eigenvalue weighted by Crippen LogP contribution is -2.35. The van der Waals surface area contributed by atoms with Crippen molar-refractivity contribution in [1.82, 2.24) is 10.6 Å². The number of urea groups is 1. The van der Waals surface area contributed by atoms with Gasteiger partial charge in [0.05, 0.1) is 6.42 Å². The van der Waals surface area contributed by atoms with Gasteiger partial charge in [0.25, 0.3) is 0 Å². The maximum Gasteiger partial charge on any atom is 0.312 e. The summed E-state index contributed by atoms with van der Waals surface area (Å²) in [6.07, 6.45) is 0.0799. The third-order valence-corrected chi connectivity index (χ3v) is 1.12. The molecule has 0 atom stereocenters. The molecule has 6 heteroatoms. The minimum Gasteiger partial charge on any atom is -0.481 e. The van der Waals surface area contributed by atoms with Gasteiger partial charge in [-0.2, -0.15) is 0 Å². The number of carboxylic acids is 1. The molecule has 0 heterocycles. The van der Waals surface area contributed by atoms with Crippen LogP contribution in [0.5, 0.6) is 0 Å². The minimum absolute atomic E-state index is 0.0799. The summed E-state index contributed by atoms with van der Waals surface area (Å²) in [4.78, 5) is 20.1. The zero-order valence-corrected chi connectivity index (χ0v) is 6.67. The first-order valence-electron chi connectivity index (χ1n) is 3.58. The maximum absolute atomic E-state index is 10.1. The molecular formula is C6H13N3O3. The fraction of sp³-hybridized carbons (Fsp3) is 0.667. The number of rotatable bonds is 6. The van der Waals surface area contributed by atoms with Gasteiger partial charge in [-0.1, -0.05) is 0 Å². The number of amides is 2. The summed E-state index contributed by atoms with van der Waals surface area (Å²) in [5, 5.41) is 13.4. The van der Waals surface area contributed by atoms with Crippen molar-refractivity contribution in [3.05, 3.63) is 0 Å². The van der Waals surface area contributed by atoms with Crippen molar-refractivity contribution < 1.29 is 14.7 Å². The van der Waals surface area contributed by atoms with Gasteiger partial charge in [-0.25, -0.2) is 4.79 Å². The summed E-state index contributed by atoms with van der Waals surface area (Å²) in [5.74, 6) is -0.842. The molecule has 0 aromatic rings. The van der Waals surface area contributed by atoms with Gasteiger partial charge in [0.15, 0.2) is 0 Å². The lowest BCUT2D eigenvalue weighted by atomic mass is 10.4. The van der Waals surface area contributed by atoms with Crippen molar-refractivity contribution in [1.29, 1.82) is 0 Å². The summed E-state index contributed by atoms with van der Waals surface area (Å²) in [5.41, 5.74) is 4.78. The number of hydrogen-bond acceptors (Lipinski definition) is 3. The van der Waals surface area contributed by atoms with Crippen molar-refractivity contribution in [3.63, 3.8) is 0 Å². The van der Waals surface area contributed by atoms with Gasteiger partial charge in [0.2, 0.25) is 0 Å². The number of carbonyl (C=O) groups is 2. The number of carboxylic acid groups (broad SMARTS) is 1. The quantitative estimate of drug-likeness (QED) is 0.377. The Kier molecular flexibility index (Phi) is 5.72. The van der Waals surface area contributed by atoms with Crippen LogP contribution in [-0.2, 0) is 4.79 Å². The van der Waals surface area contributed by atoms with E-state index in [1.807, 2.05) is 0 Å². The highest BCUT2D eigenvalue weighted by atomic mass is 16.4. The van der Waals surface area contributed by atoms with Crippen LogP contribution in [0.25, 0.3) is 0 Å². The molecule has 70 valence electrons. The van der Waals surface area contributed by atoms with Crippen LogP contribution in [0.15, 0.2) is 0 Å². The van der Waals surface area contributed by atoms with Crippen LogP contribution < -0.4 is 16.4 Å². The number of nitrogens with two attached hydrogens (primary N) is 1. The Balaban J connectivity index is 3.01. The highest BCUT2D eigenvalue weighted by molar-refractivity contribution is 5.71. The van der Waals surface area contributed by atoms with Crippen LogP contribution in [-0.4, -0.2) is 36.7 Å². The van der Waals surface area contributed by atoms with Gasteiger partial charge >= 0.3 is 12.0 Å². The molecule has 0 fully saturated rings. The molecule has 0 aromatic carbocycles. The molecule has 0 saturated heterocycles. The molecule has 0 aliphatic heterocycles. The van der Waals surface area contributed by atoms with Crippen molar-refractivity contribution in [2.24, 2.45) is 5.73 Å². The molecule has 0 bridgehead atoms. The first-order valence-corrected chi connectivity index (χ1v) is 3.58. The van der Waals surface area contributed by atoms with Crippen molar-refractivity contribution in [2.45, 2.75) is 6.42 Å². The van der Waals surface area contributed by atoms with E-state index >= 15 is 0 Å². The fourth-order valence-electron chi connectivity index (χ4n) is 0.594. The smallest absolute Gasteiger partial charge is 0.312 e. The number of carbonyl (C=O) groups excluding carboxylic acids is 1. The summed E-state index contributed by atoms with van der Waals surface area (Å²) >= 11 is 0. The molecular weight excluding hydrogens is 162 g/mol. The Hall–Kier alpha value is -1.30. The van der Waals surface area contributed by atoms with E-state index in [9.17, 15) is 9.59 Å². The van der Waals surface area contributed by atoms with Crippen LogP contribution in [0.3, 0.4) is 0 Å². The maximum atomic E-state index is 10.1. The second-order valence-corrected chi connectivity index (χ2v) is 2.18. The van der Waals surface area contributed by atoms with E-state index in [2.05, 4.69) is 10.6 Å². The van der Waals surface area contributed by atoms with E-state index in [0.29, 0.717) is 19.6 Å². The third kappa shape index (κ3) is 8.70. The molecule has 0 aromatic heterocycles. The second kappa shape index (κ2) is 6.41. The molecule has 0 radical (unpaired) electrons. The van der Waals surface area contributed by atoms with Gasteiger partial charge in [-0.15, -0.1) is 0 Å². The van der Waals surface area contributed by atoms with E-state index in [0.717, 1.165) is 0 Å². The number of nitrogens with one attached hydrogen (secondary N) is 2. The van der Waals surface area contributed by atoms with E-state index in [1.54, 1.807) is 0 Å². The Morgan fingerprint density at radius 1 is 1.25 bits per heavy atom. The highest BCUT2D eigenvalue weighted by Crippen LogP contribution is 1.73. The molecule has 0 rings (SSSR count). The molecule has 12 heavy (non-hydrogen) atoms. The van der Waals surface area contributed by atoms with Gasteiger partial charge in [-0.3, -0.25) is 4.79 Å². The average Bonchev–Trinajstić information content (AvgIpc) is 1.95. The Morgan fingerprint density at radius 2 is 1.92 bits per heavy atom. The number of primary amides is 1. The van der Waals surface area contributed by atoms with E-state index in [1.165, 1.54) is 0 Å². The summed E-state index contributed by atoms with van der Waals surface area (Å²) < 4.78 is 0. The molecule has 5 N–H and O–H groups in total. The molecule has 0 aliphatic carbocycles. The number of hydrogen-bond donors (Lipinski definition) is 4. The third-order valence-electron chi connectivity index (χ3n) is 1.12. The van der Waals surface area contributed by atoms with Gasteiger partial charge in [-0.05, 0) is 0 Å². The highest BCUT2D eigenvalue weighted by Gasteiger charge is 1.95. The summed E-state index contributed by atoms with van der Waals surface area (Å²) in [6.45, 7) is 1.33. The topological polar surface area (TPSA) is 104 Å². The largest absolute Gasteiger partial charge is 0.481 e. The number of aliphatic carboxylic acids is 1. The van der Waals surface area contributed by atoms with Gasteiger partial charge < -0.3 is 21.5 Å². The second-order valence-electron chi connectivity index (χ2n) is 2.18. The lowest BCUT2D eigenvalue weighted by Gasteiger charge is -2.02. The van der Waals surface area contributed by atoms with Crippen molar-refractivity contribution in [2.75, 3.05) is 19.6 Å². The van der Waals surface area contributed by atoms with Crippen LogP contribution in [0.2, 0.25) is 0 Å². The van der Waals surface area contributed by atoms with E-state index in [-0.39, 0.29) is 6.42 Å². The Morgan fingerprint density at radius 3 is 2.42 bits per heavy atom. The molecule has 0 spiro atoms. The molecule has 0 saturated carbocycles. The average molecular weight is 175 g/mol. The zero-order chi connectivity index (χ0) is 9.40. The monoisotopic (exact) mass is 175 g/mol. The minimum atomic E-state index is -0.842. The molecule has 6 nitrogen and oxygen atoms in total. The van der Waals surface area contributed by atoms with Crippen LogP contribution in [0.4, 0.5) is 4.79 Å². The fourth-order valence-corrected chi connectivity index (χ4v) is 0.594. The first kappa shape index (κ1) is 10.7. The Labute approximate surface area is 70.1 Å². The Bertz CT molecular complexity index is 142. The van der Waals surface area contributed by atoms with Gasteiger partial charge in [0.1, 0.15) is 0 Å².